The summed E-state index contributed by atoms with van der Waals surface area (Å²) in [5, 5.41) is 25.7. The van der Waals surface area contributed by atoms with E-state index in [4.69, 9.17) is 14.2 Å². The van der Waals surface area contributed by atoms with E-state index in [0.29, 0.717) is 0 Å². The highest BCUT2D eigenvalue weighted by Crippen LogP contribution is 2.23. The number of hydrogen-bond acceptors (Lipinski definition) is 9. The van der Waals surface area contributed by atoms with Crippen LogP contribution < -0.4 is 14.2 Å². The molecule has 0 aliphatic carbocycles. The first-order valence-electron chi connectivity index (χ1n) is 10.8. The molecule has 3 aromatic rings. The van der Waals surface area contributed by atoms with Crippen LogP contribution in [0, 0.1) is 0 Å². The Kier molecular flexibility index (Phi) is 9.61. The zero-order valence-corrected chi connectivity index (χ0v) is 21.0. The summed E-state index contributed by atoms with van der Waals surface area (Å²) < 4.78 is 16.1. The number of nitrogens with zero attached hydrogens (tertiary/aromatic N) is 6. The van der Waals surface area contributed by atoms with Crippen molar-refractivity contribution in [1.29, 1.82) is 0 Å². The molecule has 0 fully saturated rings. The van der Waals surface area contributed by atoms with E-state index in [1.165, 1.54) is 0 Å². The van der Waals surface area contributed by atoms with E-state index >= 15 is 0 Å². The largest absolute Gasteiger partial charge is 0.496 e. The Bertz CT molecular complexity index is 1040. The molecule has 0 aliphatic rings. The Morgan fingerprint density at radius 2 is 0.829 bits per heavy atom. The molecule has 0 amide bonds. The smallest absolute Gasteiger partial charge is 0.270 e. The number of methoxy groups -OCH3 is 3. The minimum atomic E-state index is -1.52. The molecule has 0 unspecified atom stereocenters. The van der Waals surface area contributed by atoms with Gasteiger partial charge in [-0.2, -0.15) is 15.3 Å². The summed E-state index contributed by atoms with van der Waals surface area (Å²) in [5.74, 6) is 2.17. The van der Waals surface area contributed by atoms with E-state index in [-0.39, 0.29) is 19.6 Å². The van der Waals surface area contributed by atoms with Gasteiger partial charge in [-0.15, -0.1) is 15.3 Å². The summed E-state index contributed by atoms with van der Waals surface area (Å²) in [5.41, 5.74) is 1.12. The van der Waals surface area contributed by atoms with Gasteiger partial charge in [-0.1, -0.05) is 54.6 Å². The Morgan fingerprint density at radius 1 is 0.543 bits per heavy atom. The highest BCUT2D eigenvalue weighted by atomic mass is 28.1. The van der Waals surface area contributed by atoms with Gasteiger partial charge in [-0.05, 0) is 18.2 Å². The van der Waals surface area contributed by atoms with E-state index in [1.54, 1.807) is 21.3 Å². The van der Waals surface area contributed by atoms with Crippen molar-refractivity contribution in [1.82, 2.24) is 0 Å². The normalized spacial score (nSPS) is 13.4. The fourth-order valence-electron chi connectivity index (χ4n) is 3.19. The van der Waals surface area contributed by atoms with Crippen LogP contribution in [0.4, 0.5) is 0 Å². The van der Waals surface area contributed by atoms with Gasteiger partial charge in [-0.25, -0.2) is 0 Å². The maximum absolute atomic E-state index is 5.38. The molecule has 0 saturated carbocycles. The number of ether oxygens (including phenoxy) is 3. The van der Waals surface area contributed by atoms with Gasteiger partial charge in [0.1, 0.15) is 27.5 Å². The molecule has 0 atom stereocenters. The summed E-state index contributed by atoms with van der Waals surface area (Å²) in [7, 11) is 8.34. The average molecular weight is 488 g/mol. The second-order valence-corrected chi connectivity index (χ2v) is 7.94. The van der Waals surface area contributed by atoms with Gasteiger partial charge in [0.2, 0.25) is 0 Å². The molecule has 179 valence electrons. The van der Waals surface area contributed by atoms with Crippen LogP contribution in [0.25, 0.3) is 0 Å². The van der Waals surface area contributed by atoms with Crippen LogP contribution in [0.15, 0.2) is 103 Å². The molecule has 0 N–H and O–H groups in total. The monoisotopic (exact) mass is 487 g/mol. The van der Waals surface area contributed by atoms with Crippen molar-refractivity contribution >= 4 is 10.2 Å². The number of hydrogen-bond donors (Lipinski definition) is 0. The van der Waals surface area contributed by atoms with Crippen LogP contribution in [0.1, 0.15) is 16.7 Å². The Balaban J connectivity index is 1.80. The SMILES string of the molecule is COc1ccccc1CN=NC([Si])(N=NCc1ccccc1OC)N=NCc1ccccc1OC. The molecule has 35 heavy (non-hydrogen) atoms. The Labute approximate surface area is 208 Å². The maximum Gasteiger partial charge on any atom is 0.270 e. The number of benzene rings is 3. The molecule has 3 aromatic carbocycles. The van der Waals surface area contributed by atoms with Gasteiger partial charge in [0.25, 0.3) is 5.41 Å². The molecule has 0 bridgehead atoms. The lowest BCUT2D eigenvalue weighted by molar-refractivity contribution is 0.408. The van der Waals surface area contributed by atoms with E-state index in [0.717, 1.165) is 33.9 Å². The molecule has 0 heterocycles. The van der Waals surface area contributed by atoms with Gasteiger partial charge < -0.3 is 14.2 Å². The summed E-state index contributed by atoms with van der Waals surface area (Å²) >= 11 is 0. The van der Waals surface area contributed by atoms with Crippen LogP contribution in [-0.4, -0.2) is 37.0 Å². The molecule has 0 aliphatic heterocycles. The molecular formula is C25H27N6O3Si. The van der Waals surface area contributed by atoms with Crippen molar-refractivity contribution in [3.05, 3.63) is 89.5 Å². The first-order chi connectivity index (χ1) is 17.1. The fourth-order valence-corrected chi connectivity index (χ4v) is 3.40. The van der Waals surface area contributed by atoms with E-state index in [9.17, 15) is 0 Å². The minimum absolute atomic E-state index is 0.278. The lowest BCUT2D eigenvalue weighted by Crippen LogP contribution is -2.19. The Morgan fingerprint density at radius 3 is 1.11 bits per heavy atom. The number of rotatable bonds is 12. The van der Waals surface area contributed by atoms with Crippen molar-refractivity contribution < 1.29 is 14.2 Å². The molecule has 10 heteroatoms. The second kappa shape index (κ2) is 13.1. The molecule has 0 spiro atoms. The van der Waals surface area contributed by atoms with Crippen LogP contribution in [0.2, 0.25) is 0 Å². The zero-order chi connectivity index (χ0) is 24.9. The molecule has 9 nitrogen and oxygen atoms in total. The third-order valence-corrected chi connectivity index (χ3v) is 5.23. The van der Waals surface area contributed by atoms with Crippen molar-refractivity contribution in [2.45, 2.75) is 25.0 Å². The van der Waals surface area contributed by atoms with Crippen LogP contribution >= 0.6 is 0 Å². The highest BCUT2D eigenvalue weighted by molar-refractivity contribution is 6.14. The number of azo groups is 3. The molecule has 3 rings (SSSR count). The van der Waals surface area contributed by atoms with E-state index in [1.807, 2.05) is 72.8 Å². The van der Waals surface area contributed by atoms with Gasteiger partial charge in [0.15, 0.2) is 0 Å². The summed E-state index contributed by atoms with van der Waals surface area (Å²) in [6.07, 6.45) is 0. The van der Waals surface area contributed by atoms with E-state index in [2.05, 4.69) is 40.9 Å². The van der Waals surface area contributed by atoms with Gasteiger partial charge in [0, 0.05) is 16.7 Å². The standard InChI is InChI=1S/C25H27N6O3Si/c1-32-22-13-7-4-10-19(22)16-26-29-25(35,30-27-17-20-11-5-8-14-23(20)33-2)31-28-18-21-12-6-9-15-24(21)34-3/h4-15H,16-18H2,1-3H3. The molecular weight excluding hydrogens is 460 g/mol. The Hall–Kier alpha value is -3.92. The third kappa shape index (κ3) is 7.54. The first-order valence-corrected chi connectivity index (χ1v) is 11.3. The highest BCUT2D eigenvalue weighted by Gasteiger charge is 2.22. The van der Waals surface area contributed by atoms with Gasteiger partial charge in [-0.3, -0.25) is 0 Å². The topological polar surface area (TPSA) is 102 Å². The summed E-state index contributed by atoms with van der Waals surface area (Å²) in [6.45, 7) is 0.834. The zero-order valence-electron chi connectivity index (χ0n) is 20.0. The summed E-state index contributed by atoms with van der Waals surface area (Å²) in [6, 6.07) is 22.8. The molecule has 0 saturated heterocycles. The van der Waals surface area contributed by atoms with Crippen LogP contribution in [0.3, 0.4) is 0 Å². The van der Waals surface area contributed by atoms with Crippen molar-refractivity contribution in [2.75, 3.05) is 21.3 Å². The predicted molar refractivity (Wildman–Crippen MR) is 133 cm³/mol. The fraction of sp³-hybridized carbons (Fsp3) is 0.280. The lowest BCUT2D eigenvalue weighted by Gasteiger charge is -2.12. The lowest BCUT2D eigenvalue weighted by atomic mass is 10.2. The average Bonchev–Trinajstić information content (AvgIpc) is 2.89. The molecule has 0 aromatic heterocycles. The number of para-hydroxylation sites is 3. The van der Waals surface area contributed by atoms with Crippen molar-refractivity contribution in [2.24, 2.45) is 30.7 Å². The minimum Gasteiger partial charge on any atom is -0.496 e. The van der Waals surface area contributed by atoms with E-state index < -0.39 is 5.41 Å². The molecule has 3 radical (unpaired) electrons. The van der Waals surface area contributed by atoms with Crippen molar-refractivity contribution in [3.8, 4) is 17.2 Å². The van der Waals surface area contributed by atoms with Gasteiger partial charge in [0.05, 0.1) is 41.0 Å². The van der Waals surface area contributed by atoms with Gasteiger partial charge >= 0.3 is 0 Å². The van der Waals surface area contributed by atoms with Crippen LogP contribution in [-0.2, 0) is 19.6 Å². The summed E-state index contributed by atoms with van der Waals surface area (Å²) in [4.78, 5) is 0. The van der Waals surface area contributed by atoms with Crippen molar-refractivity contribution in [3.63, 3.8) is 0 Å². The first kappa shape index (κ1) is 25.7. The quantitative estimate of drug-likeness (QED) is 0.240. The maximum atomic E-state index is 5.38. The second-order valence-electron chi connectivity index (χ2n) is 7.27. The third-order valence-electron chi connectivity index (χ3n) is 4.93. The van der Waals surface area contributed by atoms with Crippen LogP contribution in [0.5, 0.6) is 17.2 Å². The predicted octanol–water partition coefficient (Wildman–Crippen LogP) is 5.75.